The van der Waals surface area contributed by atoms with Crippen molar-refractivity contribution in [2.24, 2.45) is 0 Å². The first-order chi connectivity index (χ1) is 15.5. The van der Waals surface area contributed by atoms with Crippen molar-refractivity contribution in [1.29, 1.82) is 0 Å². The zero-order valence-corrected chi connectivity index (χ0v) is 19.1. The third kappa shape index (κ3) is 5.34. The van der Waals surface area contributed by atoms with Gasteiger partial charge in [-0.15, -0.1) is 0 Å². The number of nitrogens with one attached hydrogen (secondary N) is 1. The molecule has 0 unspecified atom stereocenters. The first kappa shape index (κ1) is 22.0. The molecule has 1 aliphatic rings. The summed E-state index contributed by atoms with van der Waals surface area (Å²) in [4.78, 5) is 26.4. The molecule has 32 heavy (non-hydrogen) atoms. The number of ether oxygens (including phenoxy) is 1. The molecule has 0 aliphatic carbocycles. The summed E-state index contributed by atoms with van der Waals surface area (Å²) in [5, 5.41) is 3.85. The van der Waals surface area contributed by atoms with Gasteiger partial charge >= 0.3 is 0 Å². The quantitative estimate of drug-likeness (QED) is 0.613. The van der Waals surface area contributed by atoms with Crippen LogP contribution in [-0.4, -0.2) is 60.6 Å². The third-order valence-electron chi connectivity index (χ3n) is 5.78. The van der Waals surface area contributed by atoms with Crippen LogP contribution in [0.3, 0.4) is 0 Å². The van der Waals surface area contributed by atoms with E-state index >= 15 is 0 Å². The van der Waals surface area contributed by atoms with Gasteiger partial charge in [0.05, 0.1) is 11.2 Å². The number of nitrogens with zero attached hydrogens (tertiary/aromatic N) is 4. The van der Waals surface area contributed by atoms with Crippen LogP contribution in [0.15, 0.2) is 42.5 Å². The molecule has 7 nitrogen and oxygen atoms in total. The number of fused-ring (bicyclic) bond motifs is 1. The van der Waals surface area contributed by atoms with Gasteiger partial charge in [-0.25, -0.2) is 9.97 Å². The zero-order valence-electron chi connectivity index (χ0n) is 19.1. The molecule has 1 saturated heterocycles. The highest BCUT2D eigenvalue weighted by atomic mass is 16.5. The maximum Gasteiger partial charge on any atom is 0.262 e. The van der Waals surface area contributed by atoms with E-state index in [1.54, 1.807) is 0 Å². The van der Waals surface area contributed by atoms with Gasteiger partial charge in [0.25, 0.3) is 5.91 Å². The van der Waals surface area contributed by atoms with Gasteiger partial charge in [-0.05, 0) is 56.3 Å². The molecule has 4 rings (SSSR count). The maximum absolute atomic E-state index is 12.4. The minimum atomic E-state index is -0.199. The van der Waals surface area contributed by atoms with E-state index in [-0.39, 0.29) is 12.5 Å². The standard InChI is InChI=1S/C25H31N5O2/c1-4-5-19-6-9-21(10-7-19)32-17-24(31)27-20-8-11-23-22(16-20)18(2)26-25(28-23)30-14-12-29(3)13-15-30/h6-11,16H,4-5,12-15,17H2,1-3H3,(H,27,31). The van der Waals surface area contributed by atoms with Crippen LogP contribution in [0.25, 0.3) is 10.9 Å². The number of amides is 1. The second kappa shape index (κ2) is 9.96. The number of hydrogen-bond acceptors (Lipinski definition) is 6. The second-order valence-electron chi connectivity index (χ2n) is 8.36. The predicted molar refractivity (Wildman–Crippen MR) is 129 cm³/mol. The lowest BCUT2D eigenvalue weighted by Crippen LogP contribution is -2.45. The summed E-state index contributed by atoms with van der Waals surface area (Å²) in [6.07, 6.45) is 2.15. The smallest absolute Gasteiger partial charge is 0.262 e. The highest BCUT2D eigenvalue weighted by Crippen LogP contribution is 2.23. The SMILES string of the molecule is CCCc1ccc(OCC(=O)Nc2ccc3nc(N4CCN(C)CC4)nc(C)c3c2)cc1. The average Bonchev–Trinajstić information content (AvgIpc) is 2.79. The Hall–Kier alpha value is -3.19. The largest absolute Gasteiger partial charge is 0.484 e. The van der Waals surface area contributed by atoms with E-state index in [4.69, 9.17) is 14.7 Å². The lowest BCUT2D eigenvalue weighted by Gasteiger charge is -2.32. The molecular formula is C25H31N5O2. The summed E-state index contributed by atoms with van der Waals surface area (Å²) >= 11 is 0. The van der Waals surface area contributed by atoms with E-state index in [9.17, 15) is 4.79 Å². The molecule has 2 heterocycles. The van der Waals surface area contributed by atoms with Crippen LogP contribution in [0.2, 0.25) is 0 Å². The number of benzene rings is 2. The van der Waals surface area contributed by atoms with Crippen molar-refractivity contribution >= 4 is 28.4 Å². The molecule has 0 spiro atoms. The molecule has 0 atom stereocenters. The number of aryl methyl sites for hydroxylation is 2. The molecule has 0 bridgehead atoms. The summed E-state index contributed by atoms with van der Waals surface area (Å²) in [5.74, 6) is 1.27. The van der Waals surface area contributed by atoms with Gasteiger partial charge in [0.15, 0.2) is 6.61 Å². The number of rotatable bonds is 7. The number of likely N-dealkylation sites (N-methyl/N-ethyl adjacent to an activating group) is 1. The van der Waals surface area contributed by atoms with Crippen molar-refractivity contribution in [2.75, 3.05) is 50.1 Å². The molecule has 1 N–H and O–H groups in total. The summed E-state index contributed by atoms with van der Waals surface area (Å²) in [7, 11) is 2.13. The fourth-order valence-corrected chi connectivity index (χ4v) is 3.88. The molecule has 1 amide bonds. The van der Waals surface area contributed by atoms with Gasteiger partial charge in [0, 0.05) is 37.3 Å². The molecular weight excluding hydrogens is 402 g/mol. The van der Waals surface area contributed by atoms with Gasteiger partial charge in [-0.1, -0.05) is 25.5 Å². The molecule has 1 aliphatic heterocycles. The number of anilines is 2. The topological polar surface area (TPSA) is 70.6 Å². The van der Waals surface area contributed by atoms with Gasteiger partial charge in [-0.2, -0.15) is 0 Å². The van der Waals surface area contributed by atoms with Crippen molar-refractivity contribution in [3.63, 3.8) is 0 Å². The Morgan fingerprint density at radius 3 is 2.53 bits per heavy atom. The van der Waals surface area contributed by atoms with Crippen LogP contribution in [0.4, 0.5) is 11.6 Å². The van der Waals surface area contributed by atoms with E-state index < -0.39 is 0 Å². The lowest BCUT2D eigenvalue weighted by atomic mass is 10.1. The molecule has 0 saturated carbocycles. The van der Waals surface area contributed by atoms with Crippen molar-refractivity contribution in [3.05, 3.63) is 53.7 Å². The lowest BCUT2D eigenvalue weighted by molar-refractivity contribution is -0.118. The first-order valence-electron chi connectivity index (χ1n) is 11.3. The molecule has 168 valence electrons. The predicted octanol–water partition coefficient (Wildman–Crippen LogP) is 3.66. The van der Waals surface area contributed by atoms with Gasteiger partial charge in [-0.3, -0.25) is 4.79 Å². The Morgan fingerprint density at radius 2 is 1.81 bits per heavy atom. The summed E-state index contributed by atoms with van der Waals surface area (Å²) < 4.78 is 5.63. The van der Waals surface area contributed by atoms with Gasteiger partial charge < -0.3 is 19.9 Å². The molecule has 3 aromatic rings. The minimum absolute atomic E-state index is 0.0387. The van der Waals surface area contributed by atoms with E-state index in [1.807, 2.05) is 49.4 Å². The van der Waals surface area contributed by atoms with Crippen LogP contribution in [-0.2, 0) is 11.2 Å². The Kier molecular flexibility index (Phi) is 6.85. The molecule has 2 aromatic carbocycles. The van der Waals surface area contributed by atoms with Crippen molar-refractivity contribution in [2.45, 2.75) is 26.7 Å². The third-order valence-corrected chi connectivity index (χ3v) is 5.78. The Labute approximate surface area is 189 Å². The van der Waals surface area contributed by atoms with E-state index in [0.29, 0.717) is 11.4 Å². The summed E-state index contributed by atoms with van der Waals surface area (Å²) in [5.41, 5.74) is 3.77. The number of aromatic nitrogens is 2. The highest BCUT2D eigenvalue weighted by molar-refractivity contribution is 5.95. The number of carbonyl (C=O) groups excluding carboxylic acids is 1. The highest BCUT2D eigenvalue weighted by Gasteiger charge is 2.18. The van der Waals surface area contributed by atoms with Gasteiger partial charge in [0.1, 0.15) is 5.75 Å². The Morgan fingerprint density at radius 1 is 1.06 bits per heavy atom. The van der Waals surface area contributed by atoms with Crippen LogP contribution >= 0.6 is 0 Å². The Balaban J connectivity index is 1.39. The van der Waals surface area contributed by atoms with E-state index in [1.165, 1.54) is 5.56 Å². The number of carbonyl (C=O) groups is 1. The number of hydrogen-bond donors (Lipinski definition) is 1. The zero-order chi connectivity index (χ0) is 22.5. The van der Waals surface area contributed by atoms with Crippen molar-refractivity contribution in [1.82, 2.24) is 14.9 Å². The second-order valence-corrected chi connectivity index (χ2v) is 8.36. The first-order valence-corrected chi connectivity index (χ1v) is 11.3. The monoisotopic (exact) mass is 433 g/mol. The fourth-order valence-electron chi connectivity index (χ4n) is 3.88. The average molecular weight is 434 g/mol. The molecule has 0 radical (unpaired) electrons. The van der Waals surface area contributed by atoms with Crippen LogP contribution in [0.1, 0.15) is 24.6 Å². The summed E-state index contributed by atoms with van der Waals surface area (Å²) in [6.45, 7) is 7.98. The van der Waals surface area contributed by atoms with Crippen LogP contribution < -0.4 is 15.0 Å². The molecule has 1 aromatic heterocycles. The van der Waals surface area contributed by atoms with Crippen molar-refractivity contribution in [3.8, 4) is 5.75 Å². The normalized spacial score (nSPS) is 14.5. The van der Waals surface area contributed by atoms with Gasteiger partial charge in [0.2, 0.25) is 5.95 Å². The van der Waals surface area contributed by atoms with Crippen molar-refractivity contribution < 1.29 is 9.53 Å². The number of piperazine rings is 1. The van der Waals surface area contributed by atoms with E-state index in [0.717, 1.165) is 61.6 Å². The Bertz CT molecular complexity index is 1080. The van der Waals surface area contributed by atoms with Crippen LogP contribution in [0, 0.1) is 6.92 Å². The summed E-state index contributed by atoms with van der Waals surface area (Å²) in [6, 6.07) is 13.6. The maximum atomic E-state index is 12.4. The minimum Gasteiger partial charge on any atom is -0.484 e. The fraction of sp³-hybridized carbons (Fsp3) is 0.400. The van der Waals surface area contributed by atoms with Crippen LogP contribution in [0.5, 0.6) is 5.75 Å². The molecule has 7 heteroatoms. The van der Waals surface area contributed by atoms with E-state index in [2.05, 4.69) is 29.1 Å². The molecule has 1 fully saturated rings.